The molecule has 0 saturated heterocycles. The van der Waals surface area contributed by atoms with Gasteiger partial charge in [0.1, 0.15) is 5.82 Å². The quantitative estimate of drug-likeness (QED) is 0.837. The van der Waals surface area contributed by atoms with E-state index >= 15 is 0 Å². The van der Waals surface area contributed by atoms with Crippen molar-refractivity contribution in [2.75, 3.05) is 20.6 Å². The van der Waals surface area contributed by atoms with Gasteiger partial charge in [0.05, 0.1) is 0 Å². The maximum absolute atomic E-state index is 12.9. The number of hydrogen-bond donors (Lipinski definition) is 1. The molecule has 1 aromatic carbocycles. The van der Waals surface area contributed by atoms with Gasteiger partial charge in [0.15, 0.2) is 0 Å². The number of nitrogens with zero attached hydrogens (tertiary/aromatic N) is 1. The molecule has 0 spiro atoms. The number of benzene rings is 1. The van der Waals surface area contributed by atoms with Crippen molar-refractivity contribution in [2.45, 2.75) is 32.9 Å². The summed E-state index contributed by atoms with van der Waals surface area (Å²) in [6, 6.07) is 7.39. The molecule has 0 aliphatic rings. The second-order valence-corrected chi connectivity index (χ2v) is 5.55. The first-order valence-corrected chi connectivity index (χ1v) is 6.56. The van der Waals surface area contributed by atoms with Crippen LogP contribution in [-0.2, 0) is 0 Å². The summed E-state index contributed by atoms with van der Waals surface area (Å²) in [5, 5.41) is 3.62. The Hall–Kier alpha value is -0.930. The molecule has 2 atom stereocenters. The molecule has 1 aromatic rings. The van der Waals surface area contributed by atoms with Crippen molar-refractivity contribution in [2.24, 2.45) is 5.92 Å². The minimum atomic E-state index is -0.181. The number of likely N-dealkylation sites (N-methyl/N-ethyl adjacent to an activating group) is 1. The first-order valence-electron chi connectivity index (χ1n) is 6.56. The lowest BCUT2D eigenvalue weighted by atomic mass is 10.0. The summed E-state index contributed by atoms with van der Waals surface area (Å²) in [7, 11) is 4.17. The second kappa shape index (κ2) is 6.86. The molecule has 0 heterocycles. The van der Waals surface area contributed by atoms with E-state index in [2.05, 4.69) is 45.1 Å². The third-order valence-electron chi connectivity index (χ3n) is 3.20. The third kappa shape index (κ3) is 4.75. The van der Waals surface area contributed by atoms with Gasteiger partial charge in [0.25, 0.3) is 0 Å². The Bertz CT molecular complexity index is 346. The molecule has 2 nitrogen and oxygen atoms in total. The van der Waals surface area contributed by atoms with E-state index in [0.717, 1.165) is 12.1 Å². The molecule has 3 heteroatoms. The molecular weight excluding hydrogens is 227 g/mol. The molecule has 0 aromatic heterocycles. The molecule has 1 rings (SSSR count). The average molecular weight is 252 g/mol. The van der Waals surface area contributed by atoms with E-state index in [1.54, 1.807) is 0 Å². The molecule has 0 saturated carbocycles. The molecule has 0 radical (unpaired) electrons. The number of halogens is 1. The van der Waals surface area contributed by atoms with E-state index in [4.69, 9.17) is 0 Å². The van der Waals surface area contributed by atoms with Crippen LogP contribution in [0.15, 0.2) is 24.3 Å². The summed E-state index contributed by atoms with van der Waals surface area (Å²) in [6.07, 6.45) is 0. The van der Waals surface area contributed by atoms with Gasteiger partial charge in [-0.05, 0) is 44.6 Å². The Balaban J connectivity index is 2.65. The van der Waals surface area contributed by atoms with Gasteiger partial charge in [-0.2, -0.15) is 0 Å². The minimum absolute atomic E-state index is 0.181. The van der Waals surface area contributed by atoms with Crippen molar-refractivity contribution in [3.05, 3.63) is 35.6 Å². The van der Waals surface area contributed by atoms with E-state index in [9.17, 15) is 4.39 Å². The van der Waals surface area contributed by atoms with Crippen LogP contribution in [0.5, 0.6) is 0 Å². The predicted octanol–water partition coefficient (Wildman–Crippen LogP) is 3.06. The van der Waals surface area contributed by atoms with Crippen LogP contribution < -0.4 is 5.32 Å². The van der Waals surface area contributed by atoms with Crippen LogP contribution in [0, 0.1) is 11.7 Å². The molecule has 0 aliphatic carbocycles. The van der Waals surface area contributed by atoms with Crippen molar-refractivity contribution in [1.82, 2.24) is 10.2 Å². The largest absolute Gasteiger partial charge is 0.308 e. The molecule has 0 fully saturated rings. The highest BCUT2D eigenvalue weighted by Gasteiger charge is 2.17. The second-order valence-electron chi connectivity index (χ2n) is 5.55. The predicted molar refractivity (Wildman–Crippen MR) is 75.1 cm³/mol. The van der Waals surface area contributed by atoms with Gasteiger partial charge in [-0.15, -0.1) is 0 Å². The van der Waals surface area contributed by atoms with Crippen LogP contribution in [-0.4, -0.2) is 31.6 Å². The molecule has 0 bridgehead atoms. The zero-order chi connectivity index (χ0) is 13.7. The SMILES string of the molecule is CC(NC(CN(C)C)C(C)C)c1ccc(F)cc1. The van der Waals surface area contributed by atoms with Gasteiger partial charge < -0.3 is 10.2 Å². The average Bonchev–Trinajstić information content (AvgIpc) is 2.28. The van der Waals surface area contributed by atoms with Crippen LogP contribution in [0.1, 0.15) is 32.4 Å². The maximum atomic E-state index is 12.9. The highest BCUT2D eigenvalue weighted by molar-refractivity contribution is 5.19. The fraction of sp³-hybridized carbons (Fsp3) is 0.600. The minimum Gasteiger partial charge on any atom is -0.308 e. The molecule has 0 amide bonds. The molecule has 2 unspecified atom stereocenters. The Kier molecular flexibility index (Phi) is 5.76. The molecule has 1 N–H and O–H groups in total. The fourth-order valence-electron chi connectivity index (χ4n) is 2.02. The highest BCUT2D eigenvalue weighted by Crippen LogP contribution is 2.15. The lowest BCUT2D eigenvalue weighted by Gasteiger charge is -2.29. The third-order valence-corrected chi connectivity index (χ3v) is 3.20. The number of nitrogens with one attached hydrogen (secondary N) is 1. The number of rotatable bonds is 6. The van der Waals surface area contributed by atoms with Crippen molar-refractivity contribution < 1.29 is 4.39 Å². The Labute approximate surface area is 110 Å². The summed E-state index contributed by atoms with van der Waals surface area (Å²) >= 11 is 0. The van der Waals surface area contributed by atoms with Crippen molar-refractivity contribution in [1.29, 1.82) is 0 Å². The van der Waals surface area contributed by atoms with E-state index in [0.29, 0.717) is 12.0 Å². The van der Waals surface area contributed by atoms with Crippen molar-refractivity contribution in [3.63, 3.8) is 0 Å². The Morgan fingerprint density at radius 2 is 1.67 bits per heavy atom. The summed E-state index contributed by atoms with van der Waals surface area (Å²) in [6.45, 7) is 7.57. The van der Waals surface area contributed by atoms with Crippen molar-refractivity contribution >= 4 is 0 Å². The van der Waals surface area contributed by atoms with Crippen molar-refractivity contribution in [3.8, 4) is 0 Å². The van der Waals surface area contributed by atoms with E-state index in [-0.39, 0.29) is 11.9 Å². The van der Waals surface area contributed by atoms with Gasteiger partial charge in [-0.25, -0.2) is 4.39 Å². The van der Waals surface area contributed by atoms with Crippen LogP contribution in [0.2, 0.25) is 0 Å². The highest BCUT2D eigenvalue weighted by atomic mass is 19.1. The summed E-state index contributed by atoms with van der Waals surface area (Å²) in [5.41, 5.74) is 1.13. The van der Waals surface area contributed by atoms with E-state index in [1.807, 2.05) is 12.1 Å². The normalized spacial score (nSPS) is 15.1. The molecule has 18 heavy (non-hydrogen) atoms. The van der Waals surface area contributed by atoms with E-state index < -0.39 is 0 Å². The maximum Gasteiger partial charge on any atom is 0.123 e. The smallest absolute Gasteiger partial charge is 0.123 e. The molecule has 0 aliphatic heterocycles. The Morgan fingerprint density at radius 3 is 2.11 bits per heavy atom. The van der Waals surface area contributed by atoms with Crippen LogP contribution >= 0.6 is 0 Å². The van der Waals surface area contributed by atoms with Gasteiger partial charge in [-0.1, -0.05) is 26.0 Å². The van der Waals surface area contributed by atoms with Crippen LogP contribution in [0.4, 0.5) is 4.39 Å². The summed E-state index contributed by atoms with van der Waals surface area (Å²) < 4.78 is 12.9. The zero-order valence-corrected chi connectivity index (χ0v) is 12.1. The number of hydrogen-bond acceptors (Lipinski definition) is 2. The van der Waals surface area contributed by atoms with Gasteiger partial charge in [0, 0.05) is 18.6 Å². The lowest BCUT2D eigenvalue weighted by Crippen LogP contribution is -2.43. The monoisotopic (exact) mass is 252 g/mol. The zero-order valence-electron chi connectivity index (χ0n) is 12.1. The standard InChI is InChI=1S/C15H25FN2/c1-11(2)15(10-18(4)5)17-12(3)13-6-8-14(16)9-7-13/h6-9,11-12,15,17H,10H2,1-5H3. The van der Waals surface area contributed by atoms with Gasteiger partial charge in [0.2, 0.25) is 0 Å². The first-order chi connectivity index (χ1) is 8.40. The topological polar surface area (TPSA) is 15.3 Å². The molecular formula is C15H25FN2. The lowest BCUT2D eigenvalue weighted by molar-refractivity contribution is 0.273. The van der Waals surface area contributed by atoms with Crippen LogP contribution in [0.25, 0.3) is 0 Å². The Morgan fingerprint density at radius 1 is 1.11 bits per heavy atom. The fourth-order valence-corrected chi connectivity index (χ4v) is 2.02. The van der Waals surface area contributed by atoms with E-state index in [1.165, 1.54) is 12.1 Å². The summed E-state index contributed by atoms with van der Waals surface area (Å²) in [5.74, 6) is 0.384. The van der Waals surface area contributed by atoms with Crippen LogP contribution in [0.3, 0.4) is 0 Å². The molecule has 102 valence electrons. The van der Waals surface area contributed by atoms with Gasteiger partial charge in [-0.3, -0.25) is 0 Å². The van der Waals surface area contributed by atoms with Gasteiger partial charge >= 0.3 is 0 Å². The summed E-state index contributed by atoms with van der Waals surface area (Å²) in [4.78, 5) is 2.19. The first kappa shape index (κ1) is 15.1.